The maximum absolute atomic E-state index is 13.2. The van der Waals surface area contributed by atoms with Gasteiger partial charge in [-0.15, -0.1) is 10.2 Å². The van der Waals surface area contributed by atoms with E-state index in [1.807, 2.05) is 73.1 Å². The summed E-state index contributed by atoms with van der Waals surface area (Å²) in [5.74, 6) is 1.06. The van der Waals surface area contributed by atoms with Crippen molar-refractivity contribution in [1.29, 1.82) is 0 Å². The molecule has 0 bridgehead atoms. The van der Waals surface area contributed by atoms with E-state index in [9.17, 15) is 19.2 Å². The molecule has 0 radical (unpaired) electrons. The average molecular weight is 859 g/mol. The molecule has 17 nitrogen and oxygen atoms in total. The van der Waals surface area contributed by atoms with Crippen LogP contribution in [0.1, 0.15) is 89.2 Å². The van der Waals surface area contributed by atoms with Crippen molar-refractivity contribution in [3.05, 3.63) is 113 Å². The fourth-order valence-corrected chi connectivity index (χ4v) is 7.44. The number of amides is 4. The largest absolute Gasteiger partial charge is 0.494 e. The minimum atomic E-state index is -0.621. The Hall–Kier alpha value is -6.72. The number of piperidine rings is 1. The Morgan fingerprint density at radius 3 is 2.52 bits per heavy atom. The number of imide groups is 1. The Kier molecular flexibility index (Phi) is 15.4. The first-order valence-electron chi connectivity index (χ1n) is 21.4. The molecule has 63 heavy (non-hydrogen) atoms. The molecule has 1 saturated heterocycles. The van der Waals surface area contributed by atoms with Crippen molar-refractivity contribution < 1.29 is 33.4 Å². The monoisotopic (exact) mass is 858 g/mol. The first kappa shape index (κ1) is 44.3. The van der Waals surface area contributed by atoms with E-state index in [2.05, 4.69) is 41.4 Å². The highest BCUT2D eigenvalue weighted by atomic mass is 16.5. The first-order chi connectivity index (χ1) is 30.7. The van der Waals surface area contributed by atoms with Gasteiger partial charge in [-0.3, -0.25) is 24.5 Å². The number of nitrogens with zero attached hydrogens (tertiary/aromatic N) is 6. The first-order valence-corrected chi connectivity index (χ1v) is 21.4. The van der Waals surface area contributed by atoms with Crippen molar-refractivity contribution in [2.45, 2.75) is 70.6 Å². The number of carbonyl (C=O) groups excluding carboxylic acids is 4. The summed E-state index contributed by atoms with van der Waals surface area (Å²) in [5.41, 5.74) is 5.30. The molecule has 4 N–H and O–H groups in total. The number of hydrogen-bond acceptors (Lipinski definition) is 13. The van der Waals surface area contributed by atoms with E-state index in [1.165, 1.54) is 6.33 Å². The average Bonchev–Trinajstić information content (AvgIpc) is 3.83. The fourth-order valence-electron chi connectivity index (χ4n) is 7.44. The molecule has 2 atom stereocenters. The minimum Gasteiger partial charge on any atom is -0.494 e. The molecule has 3 aromatic carbocycles. The quantitative estimate of drug-likeness (QED) is 0.0492. The van der Waals surface area contributed by atoms with Gasteiger partial charge in [-0.05, 0) is 105 Å². The molecular formula is C46H54N10O7. The highest BCUT2D eigenvalue weighted by Crippen LogP contribution is 2.29. The Balaban J connectivity index is 0.712. The van der Waals surface area contributed by atoms with E-state index in [0.717, 1.165) is 59.8 Å². The van der Waals surface area contributed by atoms with Crippen molar-refractivity contribution >= 4 is 35.0 Å². The number of fused-ring (bicyclic) bond motifs is 1. The number of benzene rings is 3. The molecule has 0 aliphatic carbocycles. The number of hydrogen-bond donors (Lipinski definition) is 4. The van der Waals surface area contributed by atoms with Crippen LogP contribution in [-0.2, 0) is 39.2 Å². The molecule has 4 amide bonds. The number of aromatic nitrogens is 5. The van der Waals surface area contributed by atoms with Gasteiger partial charge in [-0.25, -0.2) is 9.97 Å². The number of anilines is 2. The summed E-state index contributed by atoms with van der Waals surface area (Å²) < 4.78 is 19.5. The normalized spacial score (nSPS) is 15.2. The van der Waals surface area contributed by atoms with E-state index in [-0.39, 0.29) is 30.2 Å². The summed E-state index contributed by atoms with van der Waals surface area (Å²) in [6, 6.07) is 21.7. The van der Waals surface area contributed by atoms with Gasteiger partial charge in [0.25, 0.3) is 11.8 Å². The van der Waals surface area contributed by atoms with Crippen LogP contribution in [-0.4, -0.2) is 98.9 Å². The van der Waals surface area contributed by atoms with Crippen molar-refractivity contribution in [3.63, 3.8) is 0 Å². The highest BCUT2D eigenvalue weighted by molar-refractivity contribution is 6.05. The number of rotatable bonds is 23. The molecule has 2 aliphatic rings. The molecule has 7 rings (SSSR count). The van der Waals surface area contributed by atoms with E-state index in [0.29, 0.717) is 81.7 Å². The number of nitrogens with one attached hydrogen (secondary N) is 4. The highest BCUT2D eigenvalue weighted by Gasteiger charge is 2.39. The lowest BCUT2D eigenvalue weighted by Crippen LogP contribution is -2.52. The molecule has 0 saturated carbocycles. The molecule has 5 aromatic rings. The van der Waals surface area contributed by atoms with Gasteiger partial charge in [0.15, 0.2) is 11.6 Å². The Bertz CT molecular complexity index is 2360. The zero-order chi connectivity index (χ0) is 44.0. The van der Waals surface area contributed by atoms with Gasteiger partial charge in [-0.1, -0.05) is 18.2 Å². The molecular weight excluding hydrogens is 805 g/mol. The van der Waals surface area contributed by atoms with Crippen LogP contribution in [0.3, 0.4) is 0 Å². The Morgan fingerprint density at radius 1 is 0.873 bits per heavy atom. The van der Waals surface area contributed by atoms with Crippen molar-refractivity contribution in [2.24, 2.45) is 7.05 Å². The van der Waals surface area contributed by atoms with Crippen LogP contribution < -0.4 is 26.0 Å². The van der Waals surface area contributed by atoms with Gasteiger partial charge in [-0.2, -0.15) is 0 Å². The second-order valence-electron chi connectivity index (χ2n) is 15.5. The van der Waals surface area contributed by atoms with Gasteiger partial charge in [0.2, 0.25) is 11.8 Å². The molecule has 0 spiro atoms. The van der Waals surface area contributed by atoms with Gasteiger partial charge >= 0.3 is 0 Å². The lowest BCUT2D eigenvalue weighted by Gasteiger charge is -2.29. The van der Waals surface area contributed by atoms with Crippen LogP contribution in [0.15, 0.2) is 85.3 Å². The van der Waals surface area contributed by atoms with Crippen molar-refractivity contribution in [2.75, 3.05) is 50.2 Å². The predicted octanol–water partition coefficient (Wildman–Crippen LogP) is 5.22. The third-order valence-electron chi connectivity index (χ3n) is 10.9. The Labute approximate surface area is 366 Å². The van der Waals surface area contributed by atoms with Crippen LogP contribution in [0.2, 0.25) is 0 Å². The van der Waals surface area contributed by atoms with Crippen molar-refractivity contribution in [1.82, 2.24) is 40.3 Å². The summed E-state index contributed by atoms with van der Waals surface area (Å²) >= 11 is 0. The molecule has 1 fully saturated rings. The van der Waals surface area contributed by atoms with E-state index < -0.39 is 11.9 Å². The lowest BCUT2D eigenvalue weighted by atomic mass is 10.0. The second kappa shape index (κ2) is 21.9. The van der Waals surface area contributed by atoms with Gasteiger partial charge < -0.3 is 39.6 Å². The van der Waals surface area contributed by atoms with Crippen LogP contribution in [0.25, 0.3) is 11.5 Å². The fraction of sp³-hybridized carbons (Fsp3) is 0.391. The second-order valence-corrected chi connectivity index (χ2v) is 15.5. The van der Waals surface area contributed by atoms with E-state index in [1.54, 1.807) is 29.3 Å². The van der Waals surface area contributed by atoms with Crippen LogP contribution >= 0.6 is 0 Å². The predicted molar refractivity (Wildman–Crippen MR) is 235 cm³/mol. The topological polar surface area (TPSA) is 204 Å². The molecule has 2 aromatic heterocycles. The summed E-state index contributed by atoms with van der Waals surface area (Å²) in [6.07, 6.45) is 7.35. The van der Waals surface area contributed by atoms with Gasteiger partial charge in [0.05, 0.1) is 25.8 Å². The molecule has 2 aliphatic heterocycles. The standard InChI is InChI=1S/C46H54N10O7/c1-31(51-44(58)33-10-6-11-35(25-33)49-28-41-53-54-43(55(41)2)39-17-18-47-30-50-39)32-9-7-12-37(27-32)63-23-5-3-4-20-61-21-8-22-62-24-19-48-36-13-14-38-34(26-36)29-56(46(38)60)40-15-16-42(57)52-45(40)59/h6-7,9-14,17-18,25-27,30-31,40,48-49H,3-5,8,15-16,19-24,28-29H2,1-2H3,(H,51,58)(H,52,57,59)/t31-,40?/m1/s1. The number of unbranched alkanes of at least 4 members (excludes halogenated alkanes) is 2. The van der Waals surface area contributed by atoms with Gasteiger partial charge in [0.1, 0.15) is 23.8 Å². The summed E-state index contributed by atoms with van der Waals surface area (Å²) in [7, 11) is 1.88. The summed E-state index contributed by atoms with van der Waals surface area (Å²) in [4.78, 5) is 59.7. The maximum atomic E-state index is 13.2. The van der Waals surface area contributed by atoms with E-state index in [4.69, 9.17) is 14.2 Å². The molecule has 4 heterocycles. The molecule has 17 heteroatoms. The molecule has 1 unspecified atom stereocenters. The third-order valence-corrected chi connectivity index (χ3v) is 10.9. The molecule has 330 valence electrons. The number of ether oxygens (including phenoxy) is 3. The third kappa shape index (κ3) is 12.0. The number of carbonyl (C=O) groups is 4. The van der Waals surface area contributed by atoms with Crippen LogP contribution in [0.5, 0.6) is 5.75 Å². The summed E-state index contributed by atoms with van der Waals surface area (Å²) in [6.45, 7) is 6.36. The zero-order valence-electron chi connectivity index (χ0n) is 35.7. The summed E-state index contributed by atoms with van der Waals surface area (Å²) in [5, 5.41) is 20.7. The smallest absolute Gasteiger partial charge is 0.255 e. The van der Waals surface area contributed by atoms with Crippen molar-refractivity contribution in [3.8, 4) is 17.3 Å². The van der Waals surface area contributed by atoms with Crippen LogP contribution in [0.4, 0.5) is 11.4 Å². The van der Waals surface area contributed by atoms with Crippen LogP contribution in [0, 0.1) is 0 Å². The maximum Gasteiger partial charge on any atom is 0.255 e. The lowest BCUT2D eigenvalue weighted by molar-refractivity contribution is -0.136. The SMILES string of the molecule is C[C@@H](NC(=O)c1cccc(NCc2nnc(-c3ccncn3)n2C)c1)c1cccc(OCCCCCOCCCOCCNc2ccc3c(c2)CN(C2CCC(=O)NC2=O)C3=O)c1. The minimum absolute atomic E-state index is 0.179. The Morgan fingerprint density at radius 2 is 1.68 bits per heavy atom. The van der Waals surface area contributed by atoms with E-state index >= 15 is 0 Å². The zero-order valence-corrected chi connectivity index (χ0v) is 35.7. The van der Waals surface area contributed by atoms with Gasteiger partial charge in [0, 0.05) is 75.1 Å².